The number of halogens is 2. The highest BCUT2D eigenvalue weighted by atomic mass is 79.9. The first-order chi connectivity index (χ1) is 5.83. The Hall–Kier alpha value is 0.180. The van der Waals surface area contributed by atoms with Gasteiger partial charge >= 0.3 is 0 Å². The summed E-state index contributed by atoms with van der Waals surface area (Å²) in [6.07, 6.45) is 1.34. The fourth-order valence-corrected chi connectivity index (χ4v) is 2.87. The molecule has 1 aliphatic rings. The molecule has 64 valence electrons. The number of benzene rings is 1. The van der Waals surface area contributed by atoms with Crippen molar-refractivity contribution >= 4 is 31.9 Å². The quantitative estimate of drug-likeness (QED) is 0.723. The third kappa shape index (κ3) is 1.60. The molecule has 0 nitrogen and oxygen atoms in total. The van der Waals surface area contributed by atoms with Crippen molar-refractivity contribution in [2.75, 3.05) is 5.33 Å². The second-order valence-corrected chi connectivity index (χ2v) is 4.78. The van der Waals surface area contributed by atoms with Crippen molar-refractivity contribution in [2.45, 2.75) is 12.3 Å². The van der Waals surface area contributed by atoms with Gasteiger partial charge < -0.3 is 0 Å². The average Bonchev–Trinajstić information content (AvgIpc) is 2.84. The van der Waals surface area contributed by atoms with Crippen LogP contribution in [-0.4, -0.2) is 5.33 Å². The topological polar surface area (TPSA) is 0 Å². The van der Waals surface area contributed by atoms with Crippen molar-refractivity contribution in [2.24, 2.45) is 5.92 Å². The van der Waals surface area contributed by atoms with Gasteiger partial charge in [-0.1, -0.05) is 50.1 Å². The summed E-state index contributed by atoms with van der Waals surface area (Å²) < 4.78 is 1.26. The summed E-state index contributed by atoms with van der Waals surface area (Å²) >= 11 is 7.10. The lowest BCUT2D eigenvalue weighted by molar-refractivity contribution is 0.933. The first-order valence-electron chi connectivity index (χ1n) is 4.13. The summed E-state index contributed by atoms with van der Waals surface area (Å²) in [5, 5.41) is 1.14. The van der Waals surface area contributed by atoms with Crippen LogP contribution in [0.3, 0.4) is 0 Å². The molecule has 0 aliphatic heterocycles. The van der Waals surface area contributed by atoms with Crippen LogP contribution in [0.5, 0.6) is 0 Å². The van der Waals surface area contributed by atoms with Crippen molar-refractivity contribution in [3.05, 3.63) is 34.3 Å². The SMILES string of the molecule is BrCC1CC1c1ccccc1Br. The number of hydrogen-bond acceptors (Lipinski definition) is 0. The summed E-state index contributed by atoms with van der Waals surface area (Å²) in [5.41, 5.74) is 1.47. The largest absolute Gasteiger partial charge is 0.0925 e. The minimum absolute atomic E-state index is 0.792. The molecule has 2 heteroatoms. The van der Waals surface area contributed by atoms with E-state index in [1.54, 1.807) is 0 Å². The second kappa shape index (κ2) is 3.51. The van der Waals surface area contributed by atoms with Crippen molar-refractivity contribution in [3.63, 3.8) is 0 Å². The molecule has 0 aromatic heterocycles. The van der Waals surface area contributed by atoms with Crippen LogP contribution in [0.1, 0.15) is 17.9 Å². The molecule has 0 bridgehead atoms. The van der Waals surface area contributed by atoms with E-state index in [1.807, 2.05) is 0 Å². The molecular formula is C10H10Br2. The molecule has 1 aliphatic carbocycles. The lowest BCUT2D eigenvalue weighted by Gasteiger charge is -2.01. The lowest BCUT2D eigenvalue weighted by atomic mass is 10.1. The van der Waals surface area contributed by atoms with Crippen LogP contribution in [0.4, 0.5) is 0 Å². The van der Waals surface area contributed by atoms with Gasteiger partial charge in [-0.3, -0.25) is 0 Å². The van der Waals surface area contributed by atoms with Crippen molar-refractivity contribution in [3.8, 4) is 0 Å². The maximum Gasteiger partial charge on any atom is 0.0210 e. The lowest BCUT2D eigenvalue weighted by Crippen LogP contribution is -1.85. The predicted molar refractivity (Wildman–Crippen MR) is 58.8 cm³/mol. The van der Waals surface area contributed by atoms with E-state index in [-0.39, 0.29) is 0 Å². The Morgan fingerprint density at radius 1 is 1.33 bits per heavy atom. The van der Waals surface area contributed by atoms with Crippen LogP contribution in [0, 0.1) is 5.92 Å². The zero-order valence-electron chi connectivity index (χ0n) is 6.63. The van der Waals surface area contributed by atoms with Gasteiger partial charge in [0.2, 0.25) is 0 Å². The number of rotatable bonds is 2. The first-order valence-corrected chi connectivity index (χ1v) is 6.04. The Bertz CT molecular complexity index is 283. The highest BCUT2D eigenvalue weighted by Crippen LogP contribution is 2.50. The Morgan fingerprint density at radius 2 is 2.08 bits per heavy atom. The van der Waals surface area contributed by atoms with Crippen LogP contribution in [-0.2, 0) is 0 Å². The van der Waals surface area contributed by atoms with E-state index in [0.29, 0.717) is 0 Å². The average molecular weight is 290 g/mol. The van der Waals surface area contributed by atoms with Gasteiger partial charge in [-0.05, 0) is 29.9 Å². The van der Waals surface area contributed by atoms with E-state index >= 15 is 0 Å². The fraction of sp³-hybridized carbons (Fsp3) is 0.400. The Morgan fingerprint density at radius 3 is 2.67 bits per heavy atom. The summed E-state index contributed by atoms with van der Waals surface area (Å²) in [5.74, 6) is 1.66. The van der Waals surface area contributed by atoms with E-state index in [9.17, 15) is 0 Å². The third-order valence-corrected chi connectivity index (χ3v) is 3.98. The maximum absolute atomic E-state index is 3.58. The molecule has 0 heterocycles. The highest BCUT2D eigenvalue weighted by Gasteiger charge is 2.37. The minimum Gasteiger partial charge on any atom is -0.0925 e. The van der Waals surface area contributed by atoms with Crippen LogP contribution in [0.15, 0.2) is 28.7 Å². The molecule has 0 saturated heterocycles. The zero-order valence-corrected chi connectivity index (χ0v) is 9.81. The van der Waals surface area contributed by atoms with Crippen LogP contribution in [0.2, 0.25) is 0 Å². The van der Waals surface area contributed by atoms with Gasteiger partial charge in [-0.2, -0.15) is 0 Å². The van der Waals surface area contributed by atoms with Gasteiger partial charge in [0.05, 0.1) is 0 Å². The molecule has 0 amide bonds. The Kier molecular flexibility index (Phi) is 2.56. The van der Waals surface area contributed by atoms with Crippen LogP contribution < -0.4 is 0 Å². The number of alkyl halides is 1. The molecule has 1 aromatic rings. The summed E-state index contributed by atoms with van der Waals surface area (Å²) in [6.45, 7) is 0. The van der Waals surface area contributed by atoms with Gasteiger partial charge in [-0.15, -0.1) is 0 Å². The molecule has 0 radical (unpaired) electrons. The molecule has 2 unspecified atom stereocenters. The van der Waals surface area contributed by atoms with Gasteiger partial charge in [0.15, 0.2) is 0 Å². The smallest absolute Gasteiger partial charge is 0.0210 e. The van der Waals surface area contributed by atoms with Crippen LogP contribution in [0.25, 0.3) is 0 Å². The maximum atomic E-state index is 3.58. The molecular weight excluding hydrogens is 280 g/mol. The van der Waals surface area contributed by atoms with E-state index < -0.39 is 0 Å². The summed E-state index contributed by atoms with van der Waals surface area (Å²) in [7, 11) is 0. The molecule has 0 spiro atoms. The van der Waals surface area contributed by atoms with Gasteiger partial charge in [0, 0.05) is 9.80 Å². The molecule has 1 aromatic carbocycles. The van der Waals surface area contributed by atoms with Crippen LogP contribution >= 0.6 is 31.9 Å². The van der Waals surface area contributed by atoms with Crippen molar-refractivity contribution in [1.82, 2.24) is 0 Å². The summed E-state index contributed by atoms with van der Waals surface area (Å²) in [4.78, 5) is 0. The monoisotopic (exact) mass is 288 g/mol. The predicted octanol–water partition coefficient (Wildman–Crippen LogP) is 3.95. The van der Waals surface area contributed by atoms with E-state index in [4.69, 9.17) is 0 Å². The van der Waals surface area contributed by atoms with Gasteiger partial charge in [-0.25, -0.2) is 0 Å². The van der Waals surface area contributed by atoms with Crippen molar-refractivity contribution in [1.29, 1.82) is 0 Å². The van der Waals surface area contributed by atoms with E-state index in [0.717, 1.165) is 17.2 Å². The van der Waals surface area contributed by atoms with Crippen molar-refractivity contribution < 1.29 is 0 Å². The fourth-order valence-electron chi connectivity index (χ4n) is 1.57. The van der Waals surface area contributed by atoms with Gasteiger partial charge in [0.1, 0.15) is 0 Å². The molecule has 1 saturated carbocycles. The van der Waals surface area contributed by atoms with E-state index in [1.165, 1.54) is 16.5 Å². The molecule has 12 heavy (non-hydrogen) atoms. The molecule has 0 N–H and O–H groups in total. The molecule has 2 rings (SSSR count). The normalized spacial score (nSPS) is 27.2. The Labute approximate surface area is 89.6 Å². The highest BCUT2D eigenvalue weighted by molar-refractivity contribution is 9.10. The second-order valence-electron chi connectivity index (χ2n) is 3.28. The third-order valence-electron chi connectivity index (χ3n) is 2.43. The standard InChI is InChI=1S/C10H10Br2/c11-6-7-5-9(7)8-3-1-2-4-10(8)12/h1-4,7,9H,5-6H2. The molecule has 1 fully saturated rings. The first kappa shape index (κ1) is 8.76. The van der Waals surface area contributed by atoms with E-state index in [2.05, 4.69) is 56.1 Å². The Balaban J connectivity index is 2.19. The molecule has 2 atom stereocenters. The number of hydrogen-bond donors (Lipinski definition) is 0. The zero-order chi connectivity index (χ0) is 8.55. The van der Waals surface area contributed by atoms with Gasteiger partial charge in [0.25, 0.3) is 0 Å². The summed E-state index contributed by atoms with van der Waals surface area (Å²) in [6, 6.07) is 8.53. The minimum atomic E-state index is 0.792.